The van der Waals surface area contributed by atoms with E-state index in [2.05, 4.69) is 5.32 Å². The Bertz CT molecular complexity index is 432. The van der Waals surface area contributed by atoms with Crippen LogP contribution in [0.1, 0.15) is 37.8 Å². The van der Waals surface area contributed by atoms with Gasteiger partial charge in [0.2, 0.25) is 0 Å². The van der Waals surface area contributed by atoms with Gasteiger partial charge >= 0.3 is 0 Å². The number of hydrogen-bond donors (Lipinski definition) is 3. The molecule has 2 atom stereocenters. The molecule has 118 valence electrons. The minimum atomic E-state index is 0.0313. The van der Waals surface area contributed by atoms with Gasteiger partial charge in [-0.15, -0.1) is 0 Å². The number of benzene rings is 1. The van der Waals surface area contributed by atoms with Crippen LogP contribution in [-0.2, 0) is 9.47 Å². The summed E-state index contributed by atoms with van der Waals surface area (Å²) in [4.78, 5) is 0. The molecule has 2 unspecified atom stereocenters. The molecule has 3 N–H and O–H groups in total. The highest BCUT2D eigenvalue weighted by atomic mass is 16.5. The number of hydrogen-bond acceptors (Lipinski definition) is 5. The third-order valence-electron chi connectivity index (χ3n) is 3.72. The molecule has 5 nitrogen and oxygen atoms in total. The van der Waals surface area contributed by atoms with E-state index < -0.39 is 0 Å². The largest absolute Gasteiger partial charge is 0.508 e. The number of phenols is 2. The maximum absolute atomic E-state index is 9.79. The van der Waals surface area contributed by atoms with Crippen molar-refractivity contribution < 1.29 is 19.7 Å². The van der Waals surface area contributed by atoms with Gasteiger partial charge in [-0.1, -0.05) is 6.07 Å². The number of nitrogens with one attached hydrogen (secondary N) is 1. The van der Waals surface area contributed by atoms with E-state index in [1.165, 1.54) is 6.07 Å². The molecule has 0 spiro atoms. The average Bonchev–Trinajstić information content (AvgIpc) is 2.95. The smallest absolute Gasteiger partial charge is 0.124 e. The van der Waals surface area contributed by atoms with E-state index in [4.69, 9.17) is 9.47 Å². The molecule has 1 heterocycles. The molecule has 1 aromatic carbocycles. The Morgan fingerprint density at radius 1 is 1.43 bits per heavy atom. The standard InChI is InChI=1S/C16H25NO4/c1-12(15-6-5-13(18)10-16(15)19)17-7-3-8-20-11-14-4-2-9-21-14/h5-6,10,12,14,17-19H,2-4,7-9,11H2,1H3. The second-order valence-corrected chi connectivity index (χ2v) is 5.48. The maximum atomic E-state index is 9.79. The highest BCUT2D eigenvalue weighted by Gasteiger charge is 2.15. The zero-order chi connectivity index (χ0) is 15.1. The number of ether oxygens (including phenoxy) is 2. The Morgan fingerprint density at radius 2 is 2.29 bits per heavy atom. The van der Waals surface area contributed by atoms with Crippen molar-refractivity contribution >= 4 is 0 Å². The minimum absolute atomic E-state index is 0.0313. The van der Waals surface area contributed by atoms with Gasteiger partial charge in [0.05, 0.1) is 12.7 Å². The Morgan fingerprint density at radius 3 is 3.00 bits per heavy atom. The molecule has 5 heteroatoms. The normalized spacial score (nSPS) is 19.8. The van der Waals surface area contributed by atoms with Crippen LogP contribution in [0.3, 0.4) is 0 Å². The van der Waals surface area contributed by atoms with Crippen LogP contribution in [0.25, 0.3) is 0 Å². The fourth-order valence-electron chi connectivity index (χ4n) is 2.49. The van der Waals surface area contributed by atoms with Gasteiger partial charge in [0.1, 0.15) is 11.5 Å². The number of aromatic hydroxyl groups is 2. The molecule has 0 radical (unpaired) electrons. The molecule has 21 heavy (non-hydrogen) atoms. The molecular weight excluding hydrogens is 270 g/mol. The average molecular weight is 295 g/mol. The fraction of sp³-hybridized carbons (Fsp3) is 0.625. The molecule has 1 aromatic rings. The molecule has 1 fully saturated rings. The van der Waals surface area contributed by atoms with E-state index in [1.54, 1.807) is 12.1 Å². The summed E-state index contributed by atoms with van der Waals surface area (Å²) in [6.07, 6.45) is 3.44. The molecule has 1 aliphatic rings. The first-order valence-corrected chi connectivity index (χ1v) is 7.61. The van der Waals surface area contributed by atoms with Crippen molar-refractivity contribution in [1.82, 2.24) is 5.32 Å². The summed E-state index contributed by atoms with van der Waals surface area (Å²) in [5.41, 5.74) is 0.785. The van der Waals surface area contributed by atoms with Gasteiger partial charge in [-0.05, 0) is 38.8 Å². The summed E-state index contributed by atoms with van der Waals surface area (Å²) in [6, 6.07) is 4.70. The maximum Gasteiger partial charge on any atom is 0.124 e. The van der Waals surface area contributed by atoms with Gasteiger partial charge in [-0.2, -0.15) is 0 Å². The van der Waals surface area contributed by atoms with E-state index in [0.29, 0.717) is 13.2 Å². The van der Waals surface area contributed by atoms with Crippen molar-refractivity contribution in [3.05, 3.63) is 23.8 Å². The lowest BCUT2D eigenvalue weighted by Gasteiger charge is -2.16. The predicted molar refractivity (Wildman–Crippen MR) is 80.6 cm³/mol. The Hall–Kier alpha value is -1.30. The Labute approximate surface area is 125 Å². The topological polar surface area (TPSA) is 71.0 Å². The SMILES string of the molecule is CC(NCCCOCC1CCCO1)c1ccc(O)cc1O. The summed E-state index contributed by atoms with van der Waals surface area (Å²) in [6.45, 7) is 5.06. The Balaban J connectivity index is 1.59. The van der Waals surface area contributed by atoms with Crippen LogP contribution in [-0.4, -0.2) is 42.7 Å². The van der Waals surface area contributed by atoms with Crippen molar-refractivity contribution in [1.29, 1.82) is 0 Å². The van der Waals surface area contributed by atoms with E-state index in [9.17, 15) is 10.2 Å². The molecule has 1 aliphatic heterocycles. The lowest BCUT2D eigenvalue weighted by molar-refractivity contribution is 0.0165. The van der Waals surface area contributed by atoms with Gasteiger partial charge < -0.3 is 25.0 Å². The second kappa shape index (κ2) is 8.22. The molecular formula is C16H25NO4. The first kappa shape index (κ1) is 16.1. The number of rotatable bonds is 8. The lowest BCUT2D eigenvalue weighted by atomic mass is 10.1. The summed E-state index contributed by atoms with van der Waals surface area (Å²) in [5.74, 6) is 0.190. The highest BCUT2D eigenvalue weighted by Crippen LogP contribution is 2.27. The van der Waals surface area contributed by atoms with Crippen LogP contribution < -0.4 is 5.32 Å². The fourth-order valence-corrected chi connectivity index (χ4v) is 2.49. The molecule has 0 aromatic heterocycles. The molecule has 0 bridgehead atoms. The monoisotopic (exact) mass is 295 g/mol. The van der Waals surface area contributed by atoms with Crippen LogP contribution in [0.4, 0.5) is 0 Å². The third-order valence-corrected chi connectivity index (χ3v) is 3.72. The van der Waals surface area contributed by atoms with Crippen molar-refractivity contribution in [2.45, 2.75) is 38.3 Å². The van der Waals surface area contributed by atoms with Crippen LogP contribution in [0.2, 0.25) is 0 Å². The summed E-state index contributed by atoms with van der Waals surface area (Å²) in [7, 11) is 0. The third kappa shape index (κ3) is 5.19. The zero-order valence-corrected chi connectivity index (χ0v) is 12.5. The number of phenolic OH excluding ortho intramolecular Hbond substituents is 2. The van der Waals surface area contributed by atoms with Crippen LogP contribution >= 0.6 is 0 Å². The van der Waals surface area contributed by atoms with Gasteiger partial charge in [0, 0.05) is 30.9 Å². The second-order valence-electron chi connectivity index (χ2n) is 5.48. The van der Waals surface area contributed by atoms with Crippen LogP contribution in [0.5, 0.6) is 11.5 Å². The first-order chi connectivity index (χ1) is 10.2. The summed E-state index contributed by atoms with van der Waals surface area (Å²) >= 11 is 0. The molecule has 2 rings (SSSR count). The van der Waals surface area contributed by atoms with E-state index in [-0.39, 0.29) is 23.6 Å². The molecule has 0 amide bonds. The summed E-state index contributed by atoms with van der Waals surface area (Å²) in [5, 5.41) is 22.4. The molecule has 0 aliphatic carbocycles. The predicted octanol–water partition coefficient (Wildman–Crippen LogP) is 2.33. The van der Waals surface area contributed by atoms with E-state index in [1.807, 2.05) is 6.92 Å². The molecule has 0 saturated carbocycles. The van der Waals surface area contributed by atoms with Gasteiger partial charge in [-0.25, -0.2) is 0 Å². The van der Waals surface area contributed by atoms with Gasteiger partial charge in [0.15, 0.2) is 0 Å². The quantitative estimate of drug-likeness (QED) is 0.642. The van der Waals surface area contributed by atoms with Crippen molar-refractivity contribution in [2.75, 3.05) is 26.4 Å². The Kier molecular flexibility index (Phi) is 6.29. The lowest BCUT2D eigenvalue weighted by Crippen LogP contribution is -2.22. The first-order valence-electron chi connectivity index (χ1n) is 7.61. The van der Waals surface area contributed by atoms with Gasteiger partial charge in [0.25, 0.3) is 0 Å². The van der Waals surface area contributed by atoms with Crippen molar-refractivity contribution in [3.8, 4) is 11.5 Å². The van der Waals surface area contributed by atoms with Crippen molar-refractivity contribution in [3.63, 3.8) is 0 Å². The highest BCUT2D eigenvalue weighted by molar-refractivity contribution is 5.40. The van der Waals surface area contributed by atoms with Crippen LogP contribution in [0, 0.1) is 0 Å². The van der Waals surface area contributed by atoms with E-state index >= 15 is 0 Å². The van der Waals surface area contributed by atoms with Crippen LogP contribution in [0.15, 0.2) is 18.2 Å². The zero-order valence-electron chi connectivity index (χ0n) is 12.5. The minimum Gasteiger partial charge on any atom is -0.508 e. The molecule has 1 saturated heterocycles. The van der Waals surface area contributed by atoms with Gasteiger partial charge in [-0.3, -0.25) is 0 Å². The van der Waals surface area contributed by atoms with E-state index in [0.717, 1.165) is 38.0 Å². The van der Waals surface area contributed by atoms with Crippen molar-refractivity contribution in [2.24, 2.45) is 0 Å². The summed E-state index contributed by atoms with van der Waals surface area (Å²) < 4.78 is 11.1.